The van der Waals surface area contributed by atoms with E-state index >= 15 is 0 Å². The lowest BCUT2D eigenvalue weighted by Crippen LogP contribution is -2.01. The molecule has 4 heteroatoms. The molecule has 0 saturated heterocycles. The van der Waals surface area contributed by atoms with Gasteiger partial charge in [-0.1, -0.05) is 45.9 Å². The van der Waals surface area contributed by atoms with Crippen molar-refractivity contribution in [2.75, 3.05) is 0 Å². The molecular weight excluding hydrogens is 294 g/mol. The molecule has 4 N–H and O–H groups in total. The number of fused-ring (bicyclic) bond motifs is 1. The van der Waals surface area contributed by atoms with Crippen LogP contribution in [0.15, 0.2) is 24.3 Å². The molecule has 0 radical (unpaired) electrons. The van der Waals surface area contributed by atoms with Crippen molar-refractivity contribution in [1.29, 1.82) is 0 Å². The van der Waals surface area contributed by atoms with Crippen LogP contribution in [0.5, 0.6) is 0 Å². The maximum atomic E-state index is 9.47. The molecule has 2 aromatic rings. The molecule has 3 nitrogen and oxygen atoms in total. The molecule has 0 bridgehead atoms. The third-order valence-electron chi connectivity index (χ3n) is 3.09. The van der Waals surface area contributed by atoms with Gasteiger partial charge in [-0.2, -0.15) is 12.6 Å². The van der Waals surface area contributed by atoms with Gasteiger partial charge in [-0.05, 0) is 39.1 Å². The van der Waals surface area contributed by atoms with Crippen molar-refractivity contribution >= 4 is 23.4 Å². The minimum atomic E-state index is -0.0580. The number of hydrogen-bond acceptors (Lipinski definition) is 4. The minimum Gasteiger partial charge on any atom is -0.392 e. The average Bonchev–Trinajstić information content (AvgIpc) is 2.62. The summed E-state index contributed by atoms with van der Waals surface area (Å²) < 4.78 is 0. The zero-order chi connectivity index (χ0) is 17.1. The normalized spacial score (nSPS) is 9.64. The van der Waals surface area contributed by atoms with E-state index in [0.29, 0.717) is 12.3 Å². The summed E-state index contributed by atoms with van der Waals surface area (Å²) in [5.74, 6) is 0.615. The van der Waals surface area contributed by atoms with Crippen LogP contribution in [-0.4, -0.2) is 10.2 Å². The fraction of sp³-hybridized carbons (Fsp3) is 0.444. The van der Waals surface area contributed by atoms with Crippen molar-refractivity contribution in [2.45, 2.75) is 53.2 Å². The van der Waals surface area contributed by atoms with Crippen LogP contribution < -0.4 is 5.73 Å². The van der Waals surface area contributed by atoms with Crippen LogP contribution in [-0.2, 0) is 25.5 Å². The minimum absolute atomic E-state index is 0.0485. The molecule has 0 spiro atoms. The van der Waals surface area contributed by atoms with Gasteiger partial charge in [0.25, 0.3) is 0 Å². The number of nitrogens with two attached hydrogens (primary N) is 1. The third kappa shape index (κ3) is 4.99. The zero-order valence-electron chi connectivity index (χ0n) is 14.1. The fourth-order valence-corrected chi connectivity index (χ4v) is 2.48. The van der Waals surface area contributed by atoms with Crippen molar-refractivity contribution in [1.82, 2.24) is 0 Å². The Kier molecular flexibility index (Phi) is 10.9. The van der Waals surface area contributed by atoms with Gasteiger partial charge in [0.1, 0.15) is 0 Å². The molecule has 0 amide bonds. The van der Waals surface area contributed by atoms with E-state index in [1.807, 2.05) is 52.0 Å². The third-order valence-corrected chi connectivity index (χ3v) is 3.46. The molecule has 124 valence electrons. The van der Waals surface area contributed by atoms with Crippen LogP contribution in [0.1, 0.15) is 49.9 Å². The molecule has 0 aromatic heterocycles. The van der Waals surface area contributed by atoms with Crippen molar-refractivity contribution in [3.05, 3.63) is 46.5 Å². The Balaban J connectivity index is 0.00000102. The molecule has 0 aliphatic carbocycles. The summed E-state index contributed by atoms with van der Waals surface area (Å²) in [5.41, 5.74) is 9.32. The first kappa shape index (κ1) is 20.9. The standard InChI is InChI=1S/C14H17NO2S.2C2H6/c15-5-9-1-11-3-10(8-18)4-13(7-17)14(11)12(2-9)6-16;2*1-2/h1-4,16-18H,5-8,15H2;2*1-2H3. The summed E-state index contributed by atoms with van der Waals surface area (Å²) in [7, 11) is 0. The fourth-order valence-electron chi connectivity index (χ4n) is 2.30. The Bertz CT molecular complexity index is 524. The number of hydrogen-bond donors (Lipinski definition) is 4. The van der Waals surface area contributed by atoms with Gasteiger partial charge < -0.3 is 15.9 Å². The van der Waals surface area contributed by atoms with Gasteiger partial charge in [-0.15, -0.1) is 0 Å². The van der Waals surface area contributed by atoms with Gasteiger partial charge in [0, 0.05) is 12.3 Å². The summed E-state index contributed by atoms with van der Waals surface area (Å²) >= 11 is 4.26. The monoisotopic (exact) mass is 323 g/mol. The first-order valence-electron chi connectivity index (χ1n) is 7.83. The molecule has 0 atom stereocenters. The van der Waals surface area contributed by atoms with E-state index in [4.69, 9.17) is 5.73 Å². The van der Waals surface area contributed by atoms with E-state index in [0.717, 1.165) is 33.0 Å². The highest BCUT2D eigenvalue weighted by Crippen LogP contribution is 2.27. The SMILES string of the molecule is CC.CC.NCc1cc(CO)c2c(CO)cc(CS)cc2c1. The second-order valence-electron chi connectivity index (χ2n) is 4.29. The molecular formula is C18H29NO2S. The van der Waals surface area contributed by atoms with Crippen LogP contribution in [0.2, 0.25) is 0 Å². The first-order chi connectivity index (χ1) is 10.7. The smallest absolute Gasteiger partial charge is 0.0688 e. The van der Waals surface area contributed by atoms with E-state index < -0.39 is 0 Å². The largest absolute Gasteiger partial charge is 0.392 e. The first-order valence-corrected chi connectivity index (χ1v) is 8.46. The van der Waals surface area contributed by atoms with Crippen LogP contribution in [0.4, 0.5) is 0 Å². The highest BCUT2D eigenvalue weighted by Gasteiger charge is 2.09. The predicted octanol–water partition coefficient (Wildman–Crippen LogP) is 3.77. The zero-order valence-corrected chi connectivity index (χ0v) is 15.0. The van der Waals surface area contributed by atoms with Crippen molar-refractivity contribution < 1.29 is 10.2 Å². The van der Waals surface area contributed by atoms with Gasteiger partial charge in [0.05, 0.1) is 13.2 Å². The lowest BCUT2D eigenvalue weighted by Gasteiger charge is -2.13. The summed E-state index contributed by atoms with van der Waals surface area (Å²) in [4.78, 5) is 0. The molecule has 0 aliphatic rings. The quantitative estimate of drug-likeness (QED) is 0.648. The highest BCUT2D eigenvalue weighted by atomic mass is 32.1. The molecule has 0 heterocycles. The Morgan fingerprint density at radius 1 is 0.864 bits per heavy atom. The summed E-state index contributed by atoms with van der Waals surface area (Å²) in [6.07, 6.45) is 0. The van der Waals surface area contributed by atoms with Crippen LogP contribution >= 0.6 is 12.6 Å². The molecule has 0 aliphatic heterocycles. The van der Waals surface area contributed by atoms with E-state index in [2.05, 4.69) is 12.6 Å². The maximum absolute atomic E-state index is 9.47. The average molecular weight is 324 g/mol. The van der Waals surface area contributed by atoms with Gasteiger partial charge >= 0.3 is 0 Å². The summed E-state index contributed by atoms with van der Waals surface area (Å²) in [5, 5.41) is 20.9. The molecule has 2 aromatic carbocycles. The number of benzene rings is 2. The van der Waals surface area contributed by atoms with Gasteiger partial charge in [0.2, 0.25) is 0 Å². The second-order valence-corrected chi connectivity index (χ2v) is 4.60. The molecule has 0 fully saturated rings. The van der Waals surface area contributed by atoms with Crippen LogP contribution in [0.3, 0.4) is 0 Å². The van der Waals surface area contributed by atoms with Gasteiger partial charge in [-0.3, -0.25) is 0 Å². The Morgan fingerprint density at radius 3 is 1.73 bits per heavy atom. The van der Waals surface area contributed by atoms with Crippen molar-refractivity contribution in [3.63, 3.8) is 0 Å². The van der Waals surface area contributed by atoms with Crippen molar-refractivity contribution in [2.24, 2.45) is 5.73 Å². The number of thiol groups is 1. The van der Waals surface area contributed by atoms with E-state index in [1.54, 1.807) is 0 Å². The Hall–Kier alpha value is -1.07. The molecule has 0 unspecified atom stereocenters. The highest BCUT2D eigenvalue weighted by molar-refractivity contribution is 7.79. The summed E-state index contributed by atoms with van der Waals surface area (Å²) in [6, 6.07) is 7.85. The molecule has 22 heavy (non-hydrogen) atoms. The Labute approximate surface area is 139 Å². The number of aliphatic hydroxyl groups excluding tert-OH is 2. The lowest BCUT2D eigenvalue weighted by molar-refractivity contribution is 0.278. The predicted molar refractivity (Wildman–Crippen MR) is 99.1 cm³/mol. The number of rotatable bonds is 4. The summed E-state index contributed by atoms with van der Waals surface area (Å²) in [6.45, 7) is 8.33. The van der Waals surface area contributed by atoms with Crippen molar-refractivity contribution in [3.8, 4) is 0 Å². The van der Waals surface area contributed by atoms with E-state index in [9.17, 15) is 10.2 Å². The van der Waals surface area contributed by atoms with E-state index in [-0.39, 0.29) is 13.2 Å². The van der Waals surface area contributed by atoms with E-state index in [1.165, 1.54) is 0 Å². The van der Waals surface area contributed by atoms with Gasteiger partial charge in [0.15, 0.2) is 0 Å². The molecule has 2 rings (SSSR count). The van der Waals surface area contributed by atoms with Crippen LogP contribution in [0.25, 0.3) is 10.8 Å². The lowest BCUT2D eigenvalue weighted by atomic mass is 9.95. The second kappa shape index (κ2) is 11.5. The van der Waals surface area contributed by atoms with Crippen LogP contribution in [0, 0.1) is 0 Å². The Morgan fingerprint density at radius 2 is 1.32 bits per heavy atom. The topological polar surface area (TPSA) is 66.5 Å². The van der Waals surface area contributed by atoms with Gasteiger partial charge in [-0.25, -0.2) is 0 Å². The molecule has 0 saturated carbocycles. The maximum Gasteiger partial charge on any atom is 0.0688 e. The number of aliphatic hydroxyl groups is 2.